The lowest BCUT2D eigenvalue weighted by molar-refractivity contribution is -0.115. The second kappa shape index (κ2) is 9.80. The van der Waals surface area contributed by atoms with Crippen LogP contribution in [0.3, 0.4) is 0 Å². The van der Waals surface area contributed by atoms with Crippen molar-refractivity contribution in [2.75, 3.05) is 18.9 Å². The molecule has 0 bridgehead atoms. The van der Waals surface area contributed by atoms with Gasteiger partial charge in [-0.15, -0.1) is 24.0 Å². The maximum absolute atomic E-state index is 13.0. The van der Waals surface area contributed by atoms with Crippen molar-refractivity contribution in [2.45, 2.75) is 6.54 Å². The first-order valence-corrected chi connectivity index (χ1v) is 6.91. The minimum absolute atomic E-state index is 0. The smallest absolute Gasteiger partial charge is 0.243 e. The summed E-state index contributed by atoms with van der Waals surface area (Å²) in [4.78, 5) is 19.9. The Bertz CT molecular complexity index is 704. The predicted molar refractivity (Wildman–Crippen MR) is 99.6 cm³/mol. The summed E-state index contributed by atoms with van der Waals surface area (Å²) in [6.45, 7) is 0.413. The first-order valence-electron chi connectivity index (χ1n) is 6.91. The van der Waals surface area contributed by atoms with Gasteiger partial charge < -0.3 is 16.0 Å². The second-order valence-electron chi connectivity index (χ2n) is 4.64. The maximum Gasteiger partial charge on any atom is 0.243 e. The van der Waals surface area contributed by atoms with Crippen LogP contribution in [0.5, 0.6) is 0 Å². The minimum Gasteiger partial charge on any atom is -0.349 e. The van der Waals surface area contributed by atoms with Crippen molar-refractivity contribution in [1.82, 2.24) is 25.4 Å². The molecular weight excluding hydrogens is 428 g/mol. The summed E-state index contributed by atoms with van der Waals surface area (Å²) in [5.41, 5.74) is 0.402. The number of nitrogens with one attached hydrogen (secondary N) is 3. The van der Waals surface area contributed by atoms with E-state index in [0.717, 1.165) is 5.82 Å². The van der Waals surface area contributed by atoms with Gasteiger partial charge in [-0.1, -0.05) is 6.07 Å². The fourth-order valence-electron chi connectivity index (χ4n) is 1.80. The number of carbonyl (C=O) groups is 1. The second-order valence-corrected chi connectivity index (χ2v) is 4.64. The molecule has 2 rings (SSSR count). The number of amides is 1. The topological polar surface area (TPSA) is 96.2 Å². The van der Waals surface area contributed by atoms with Gasteiger partial charge in [-0.2, -0.15) is 5.10 Å². The van der Waals surface area contributed by atoms with E-state index < -0.39 is 5.82 Å². The zero-order valence-corrected chi connectivity index (χ0v) is 15.6. The number of nitrogens with zero attached hydrogens (tertiary/aromatic N) is 4. The molecule has 0 atom stereocenters. The monoisotopic (exact) mass is 447 g/mol. The number of rotatable bonds is 5. The summed E-state index contributed by atoms with van der Waals surface area (Å²) >= 11 is 0. The first-order chi connectivity index (χ1) is 11.1. The number of halogens is 2. The van der Waals surface area contributed by atoms with E-state index in [1.165, 1.54) is 24.5 Å². The molecule has 0 unspecified atom stereocenters. The van der Waals surface area contributed by atoms with Crippen LogP contribution in [-0.2, 0) is 18.4 Å². The lowest BCUT2D eigenvalue weighted by Gasteiger charge is -2.11. The Morgan fingerprint density at radius 3 is 2.79 bits per heavy atom. The number of hydrogen-bond acceptors (Lipinski definition) is 4. The summed E-state index contributed by atoms with van der Waals surface area (Å²) < 4.78 is 14.7. The summed E-state index contributed by atoms with van der Waals surface area (Å²) in [5, 5.41) is 12.4. The fraction of sp³-hybridized carbons (Fsp3) is 0.286. The molecule has 8 nitrogen and oxygen atoms in total. The van der Waals surface area contributed by atoms with E-state index in [0.29, 0.717) is 18.2 Å². The number of guanidine groups is 1. The van der Waals surface area contributed by atoms with Gasteiger partial charge in [0.25, 0.3) is 0 Å². The summed E-state index contributed by atoms with van der Waals surface area (Å²) in [5.74, 6) is 0.466. The van der Waals surface area contributed by atoms with Crippen LogP contribution in [0.15, 0.2) is 35.6 Å². The quantitative estimate of drug-likeness (QED) is 0.359. The number of aliphatic imine (C=N–C) groups is 1. The van der Waals surface area contributed by atoms with Crippen LogP contribution in [-0.4, -0.2) is 40.2 Å². The summed E-state index contributed by atoms with van der Waals surface area (Å²) in [6, 6.07) is 5.70. The molecule has 24 heavy (non-hydrogen) atoms. The molecule has 0 radical (unpaired) electrons. The van der Waals surface area contributed by atoms with Crippen LogP contribution in [0.25, 0.3) is 0 Å². The van der Waals surface area contributed by atoms with Crippen molar-refractivity contribution in [2.24, 2.45) is 12.0 Å². The Labute approximate surface area is 156 Å². The molecule has 1 heterocycles. The van der Waals surface area contributed by atoms with Crippen LogP contribution in [0, 0.1) is 5.82 Å². The van der Waals surface area contributed by atoms with Gasteiger partial charge in [0.15, 0.2) is 5.96 Å². The average Bonchev–Trinajstić information content (AvgIpc) is 2.93. The van der Waals surface area contributed by atoms with E-state index in [9.17, 15) is 9.18 Å². The van der Waals surface area contributed by atoms with Crippen molar-refractivity contribution in [1.29, 1.82) is 0 Å². The first kappa shape index (κ1) is 19.8. The van der Waals surface area contributed by atoms with Crippen molar-refractivity contribution >= 4 is 41.5 Å². The number of hydrogen-bond donors (Lipinski definition) is 3. The zero-order chi connectivity index (χ0) is 16.7. The van der Waals surface area contributed by atoms with E-state index >= 15 is 0 Å². The Kier molecular flexibility index (Phi) is 8.09. The van der Waals surface area contributed by atoms with Crippen molar-refractivity contribution in [3.63, 3.8) is 0 Å². The van der Waals surface area contributed by atoms with Gasteiger partial charge in [-0.3, -0.25) is 14.5 Å². The standard InChI is InChI=1S/C14H18FN7O.HI/c1-16-14(17-7-12-19-9-20-22(12)2)18-8-13(23)21-11-5-3-4-10(15)6-11;/h3-6,9H,7-8H2,1-2H3,(H,21,23)(H2,16,17,18);1H. The van der Waals surface area contributed by atoms with Gasteiger partial charge >= 0.3 is 0 Å². The molecule has 0 aliphatic rings. The molecule has 0 saturated heterocycles. The Hall–Kier alpha value is -2.24. The highest BCUT2D eigenvalue weighted by atomic mass is 127. The zero-order valence-electron chi connectivity index (χ0n) is 13.3. The molecule has 2 aromatic rings. The maximum atomic E-state index is 13.0. The van der Waals surface area contributed by atoms with Crippen LogP contribution in [0.1, 0.15) is 5.82 Å². The molecule has 0 aliphatic carbocycles. The van der Waals surface area contributed by atoms with Crippen LogP contribution < -0.4 is 16.0 Å². The molecular formula is C14H19FIN7O. The highest BCUT2D eigenvalue weighted by molar-refractivity contribution is 14.0. The van der Waals surface area contributed by atoms with Crippen molar-refractivity contribution in [3.05, 3.63) is 42.2 Å². The predicted octanol–water partition coefficient (Wildman–Crippen LogP) is 0.876. The highest BCUT2D eigenvalue weighted by Crippen LogP contribution is 2.08. The fourth-order valence-corrected chi connectivity index (χ4v) is 1.80. The number of benzene rings is 1. The summed E-state index contributed by atoms with van der Waals surface area (Å²) in [6.07, 6.45) is 1.46. The van der Waals surface area contributed by atoms with E-state index in [1.807, 2.05) is 0 Å². The molecule has 3 N–H and O–H groups in total. The molecule has 0 saturated carbocycles. The lowest BCUT2D eigenvalue weighted by Crippen LogP contribution is -2.41. The number of anilines is 1. The molecule has 1 aromatic carbocycles. The van der Waals surface area contributed by atoms with Gasteiger partial charge in [-0.25, -0.2) is 9.37 Å². The van der Waals surface area contributed by atoms with Gasteiger partial charge in [0.1, 0.15) is 18.0 Å². The summed E-state index contributed by atoms with van der Waals surface area (Å²) in [7, 11) is 3.38. The lowest BCUT2D eigenvalue weighted by atomic mass is 10.3. The highest BCUT2D eigenvalue weighted by Gasteiger charge is 2.06. The van der Waals surface area contributed by atoms with E-state index in [4.69, 9.17) is 0 Å². The van der Waals surface area contributed by atoms with Gasteiger partial charge in [0, 0.05) is 19.8 Å². The Morgan fingerprint density at radius 2 is 2.17 bits per heavy atom. The van der Waals surface area contributed by atoms with E-state index in [2.05, 4.69) is 31.0 Å². The van der Waals surface area contributed by atoms with E-state index in [-0.39, 0.29) is 36.4 Å². The van der Waals surface area contributed by atoms with Crippen LogP contribution in [0.2, 0.25) is 0 Å². The molecule has 130 valence electrons. The third-order valence-corrected chi connectivity index (χ3v) is 2.97. The Balaban J connectivity index is 0.00000288. The van der Waals surface area contributed by atoms with Crippen molar-refractivity contribution < 1.29 is 9.18 Å². The normalized spacial score (nSPS) is 10.7. The largest absolute Gasteiger partial charge is 0.349 e. The van der Waals surface area contributed by atoms with Gasteiger partial charge in [-0.05, 0) is 18.2 Å². The molecule has 1 amide bonds. The molecule has 0 aliphatic heterocycles. The number of aryl methyl sites for hydroxylation is 1. The SMILES string of the molecule is CN=C(NCC(=O)Nc1cccc(F)c1)NCc1ncnn1C.I. The molecule has 0 spiro atoms. The minimum atomic E-state index is -0.406. The number of carbonyl (C=O) groups excluding carboxylic acids is 1. The van der Waals surface area contributed by atoms with Crippen LogP contribution >= 0.6 is 24.0 Å². The average molecular weight is 447 g/mol. The molecule has 0 fully saturated rings. The van der Waals surface area contributed by atoms with Gasteiger partial charge in [0.2, 0.25) is 5.91 Å². The number of aromatic nitrogens is 3. The third-order valence-electron chi connectivity index (χ3n) is 2.97. The van der Waals surface area contributed by atoms with E-state index in [1.54, 1.807) is 24.8 Å². The third kappa shape index (κ3) is 6.10. The van der Waals surface area contributed by atoms with Crippen molar-refractivity contribution in [3.8, 4) is 0 Å². The molecule has 1 aromatic heterocycles. The molecule has 10 heteroatoms. The van der Waals surface area contributed by atoms with Crippen LogP contribution in [0.4, 0.5) is 10.1 Å². The Morgan fingerprint density at radius 1 is 1.38 bits per heavy atom. The van der Waals surface area contributed by atoms with Gasteiger partial charge in [0.05, 0.1) is 13.1 Å².